The minimum Gasteiger partial charge on any atom is -0.461 e. The number of rotatable bonds is 3. The number of hydrogen-bond donors (Lipinski definition) is 1. The summed E-state index contributed by atoms with van der Waals surface area (Å²) >= 11 is 5.58. The first-order valence-electron chi connectivity index (χ1n) is 5.63. The van der Waals surface area contributed by atoms with Crippen LogP contribution in [0.5, 0.6) is 0 Å². The van der Waals surface area contributed by atoms with Gasteiger partial charge in [0.1, 0.15) is 0 Å². The molecule has 0 aromatic carbocycles. The van der Waals surface area contributed by atoms with Crippen molar-refractivity contribution in [3.05, 3.63) is 23.0 Å². The number of aromatic nitrogens is 2. The summed E-state index contributed by atoms with van der Waals surface area (Å²) in [5.74, 6) is 0.00755. The fourth-order valence-corrected chi connectivity index (χ4v) is 1.84. The molecule has 17 heavy (non-hydrogen) atoms. The van der Waals surface area contributed by atoms with E-state index in [4.69, 9.17) is 16.3 Å². The highest BCUT2D eigenvalue weighted by atomic mass is 35.5. The van der Waals surface area contributed by atoms with Gasteiger partial charge in [-0.15, -0.1) is 10.2 Å². The molecule has 5 nitrogen and oxygen atoms in total. The standard InChI is InChI=1S/C11H14ClN3O2/c12-10-2-1-9(14-15-10)11(16)17-7-8-3-5-13-6-4-8/h1-2,8,13H,3-7H2. The molecule has 1 aromatic heterocycles. The third kappa shape index (κ3) is 3.64. The van der Waals surface area contributed by atoms with Gasteiger partial charge < -0.3 is 10.1 Å². The number of halogens is 1. The Bertz CT molecular complexity index is 377. The second-order valence-corrected chi connectivity index (χ2v) is 4.42. The van der Waals surface area contributed by atoms with Crippen molar-refractivity contribution in [3.63, 3.8) is 0 Å². The van der Waals surface area contributed by atoms with Gasteiger partial charge in [-0.25, -0.2) is 4.79 Å². The summed E-state index contributed by atoms with van der Waals surface area (Å²) in [7, 11) is 0. The minimum atomic E-state index is -0.437. The second kappa shape index (κ2) is 5.93. The molecular weight excluding hydrogens is 242 g/mol. The van der Waals surface area contributed by atoms with E-state index < -0.39 is 5.97 Å². The third-order valence-electron chi connectivity index (χ3n) is 2.75. The van der Waals surface area contributed by atoms with E-state index in [1.54, 1.807) is 0 Å². The lowest BCUT2D eigenvalue weighted by molar-refractivity contribution is 0.0407. The zero-order valence-electron chi connectivity index (χ0n) is 9.36. The molecule has 0 bridgehead atoms. The van der Waals surface area contributed by atoms with Gasteiger partial charge >= 0.3 is 5.97 Å². The van der Waals surface area contributed by atoms with Crippen LogP contribution in [0, 0.1) is 5.92 Å². The Labute approximate surface area is 105 Å². The number of esters is 1. The van der Waals surface area contributed by atoms with Gasteiger partial charge in [0.2, 0.25) is 0 Å². The zero-order chi connectivity index (χ0) is 12.1. The van der Waals surface area contributed by atoms with Crippen molar-refractivity contribution in [2.75, 3.05) is 19.7 Å². The van der Waals surface area contributed by atoms with Crippen molar-refractivity contribution in [2.24, 2.45) is 5.92 Å². The molecule has 0 unspecified atom stereocenters. The molecule has 2 heterocycles. The van der Waals surface area contributed by atoms with Crippen LogP contribution in [0.3, 0.4) is 0 Å². The lowest BCUT2D eigenvalue weighted by Crippen LogP contribution is -2.30. The van der Waals surface area contributed by atoms with Crippen molar-refractivity contribution in [1.29, 1.82) is 0 Å². The smallest absolute Gasteiger partial charge is 0.358 e. The molecule has 0 aliphatic carbocycles. The average Bonchev–Trinajstić information content (AvgIpc) is 2.38. The van der Waals surface area contributed by atoms with E-state index in [9.17, 15) is 4.79 Å². The molecule has 1 aliphatic rings. The highest BCUT2D eigenvalue weighted by molar-refractivity contribution is 6.29. The van der Waals surface area contributed by atoms with Crippen molar-refractivity contribution < 1.29 is 9.53 Å². The topological polar surface area (TPSA) is 64.1 Å². The average molecular weight is 256 g/mol. The van der Waals surface area contributed by atoms with Gasteiger partial charge in [0.15, 0.2) is 10.8 Å². The van der Waals surface area contributed by atoms with E-state index in [0.717, 1.165) is 25.9 Å². The fraction of sp³-hybridized carbons (Fsp3) is 0.545. The van der Waals surface area contributed by atoms with Crippen LogP contribution in [0.4, 0.5) is 0 Å². The lowest BCUT2D eigenvalue weighted by atomic mass is 9.99. The number of hydrogen-bond acceptors (Lipinski definition) is 5. The summed E-state index contributed by atoms with van der Waals surface area (Å²) in [5, 5.41) is 10.8. The van der Waals surface area contributed by atoms with Crippen LogP contribution in [0.15, 0.2) is 12.1 Å². The van der Waals surface area contributed by atoms with Crippen LogP contribution in [0.2, 0.25) is 5.15 Å². The largest absolute Gasteiger partial charge is 0.461 e. The molecular formula is C11H14ClN3O2. The van der Waals surface area contributed by atoms with Crippen LogP contribution in [-0.4, -0.2) is 35.9 Å². The molecule has 6 heteroatoms. The molecule has 0 radical (unpaired) electrons. The first-order valence-corrected chi connectivity index (χ1v) is 6.00. The van der Waals surface area contributed by atoms with Crippen LogP contribution in [-0.2, 0) is 4.74 Å². The zero-order valence-corrected chi connectivity index (χ0v) is 10.1. The van der Waals surface area contributed by atoms with Crippen LogP contribution >= 0.6 is 11.6 Å². The van der Waals surface area contributed by atoms with E-state index in [0.29, 0.717) is 12.5 Å². The molecule has 2 rings (SSSR count). The summed E-state index contributed by atoms with van der Waals surface area (Å²) in [6.45, 7) is 2.43. The molecule has 1 saturated heterocycles. The summed E-state index contributed by atoms with van der Waals surface area (Å²) < 4.78 is 5.20. The van der Waals surface area contributed by atoms with Crippen LogP contribution < -0.4 is 5.32 Å². The van der Waals surface area contributed by atoms with Gasteiger partial charge in [0.25, 0.3) is 0 Å². The molecule has 1 fully saturated rings. The predicted octanol–water partition coefficient (Wildman–Crippen LogP) is 1.29. The fourth-order valence-electron chi connectivity index (χ4n) is 1.74. The number of nitrogens with one attached hydrogen (secondary N) is 1. The van der Waals surface area contributed by atoms with E-state index in [1.807, 2.05) is 0 Å². The molecule has 1 aromatic rings. The molecule has 0 spiro atoms. The Hall–Kier alpha value is -1.20. The molecule has 0 amide bonds. The number of carbonyl (C=O) groups excluding carboxylic acids is 1. The first kappa shape index (κ1) is 12.3. The highest BCUT2D eigenvalue weighted by Crippen LogP contribution is 2.12. The maximum absolute atomic E-state index is 11.6. The van der Waals surface area contributed by atoms with E-state index in [2.05, 4.69) is 15.5 Å². The van der Waals surface area contributed by atoms with Gasteiger partial charge in [-0.1, -0.05) is 11.6 Å². The van der Waals surface area contributed by atoms with Gasteiger partial charge in [0.05, 0.1) is 6.61 Å². The normalized spacial score (nSPS) is 16.8. The van der Waals surface area contributed by atoms with Gasteiger partial charge in [0, 0.05) is 0 Å². The van der Waals surface area contributed by atoms with Crippen LogP contribution in [0.25, 0.3) is 0 Å². The monoisotopic (exact) mass is 255 g/mol. The van der Waals surface area contributed by atoms with Crippen molar-refractivity contribution >= 4 is 17.6 Å². The Morgan fingerprint density at radius 3 is 2.82 bits per heavy atom. The molecule has 1 N–H and O–H groups in total. The number of ether oxygens (including phenoxy) is 1. The Morgan fingerprint density at radius 1 is 1.41 bits per heavy atom. The lowest BCUT2D eigenvalue weighted by Gasteiger charge is -2.21. The Balaban J connectivity index is 1.82. The maximum atomic E-state index is 11.6. The third-order valence-corrected chi connectivity index (χ3v) is 2.95. The second-order valence-electron chi connectivity index (χ2n) is 4.03. The van der Waals surface area contributed by atoms with Crippen LogP contribution in [0.1, 0.15) is 23.3 Å². The molecule has 0 atom stereocenters. The first-order chi connectivity index (χ1) is 8.25. The number of piperidine rings is 1. The SMILES string of the molecule is O=C(OCC1CCNCC1)c1ccc(Cl)nn1. The van der Waals surface area contributed by atoms with Crippen molar-refractivity contribution in [3.8, 4) is 0 Å². The summed E-state index contributed by atoms with van der Waals surface area (Å²) in [6, 6.07) is 3.04. The van der Waals surface area contributed by atoms with Gasteiger partial charge in [-0.3, -0.25) is 0 Å². The summed E-state index contributed by atoms with van der Waals surface area (Å²) in [5.41, 5.74) is 0.198. The maximum Gasteiger partial charge on any atom is 0.358 e. The Morgan fingerprint density at radius 2 is 2.18 bits per heavy atom. The predicted molar refractivity (Wildman–Crippen MR) is 62.9 cm³/mol. The molecule has 0 saturated carbocycles. The van der Waals surface area contributed by atoms with E-state index in [1.165, 1.54) is 12.1 Å². The van der Waals surface area contributed by atoms with Crippen molar-refractivity contribution in [1.82, 2.24) is 15.5 Å². The molecule has 92 valence electrons. The van der Waals surface area contributed by atoms with E-state index >= 15 is 0 Å². The quantitative estimate of drug-likeness (QED) is 0.825. The van der Waals surface area contributed by atoms with Gasteiger partial charge in [-0.05, 0) is 44.0 Å². The summed E-state index contributed by atoms with van der Waals surface area (Å²) in [4.78, 5) is 11.6. The highest BCUT2D eigenvalue weighted by Gasteiger charge is 2.16. The minimum absolute atomic E-state index is 0.198. The van der Waals surface area contributed by atoms with E-state index in [-0.39, 0.29) is 10.8 Å². The number of nitrogens with zero attached hydrogens (tertiary/aromatic N) is 2. The van der Waals surface area contributed by atoms with Gasteiger partial charge in [-0.2, -0.15) is 0 Å². The van der Waals surface area contributed by atoms with Crippen molar-refractivity contribution in [2.45, 2.75) is 12.8 Å². The molecule has 1 aliphatic heterocycles. The number of carbonyl (C=O) groups is 1. The Kier molecular flexibility index (Phi) is 4.28. The summed E-state index contributed by atoms with van der Waals surface area (Å²) in [6.07, 6.45) is 2.08.